The van der Waals surface area contributed by atoms with E-state index in [4.69, 9.17) is 12.2 Å². The van der Waals surface area contributed by atoms with E-state index in [0.717, 1.165) is 29.8 Å². The molecule has 1 aliphatic rings. The molecule has 0 radical (unpaired) electrons. The maximum Gasteiger partial charge on any atom is 0.137 e. The van der Waals surface area contributed by atoms with Crippen molar-refractivity contribution in [1.29, 1.82) is 0 Å². The molecule has 0 aliphatic carbocycles. The van der Waals surface area contributed by atoms with Gasteiger partial charge >= 0.3 is 0 Å². The number of hydrogen-bond donors (Lipinski definition) is 0. The standard InChI is InChI=1S/C13H18N2S3/c1-14(10-15-7-8-18-13(15)16)9-11-3-5-12(17-2)6-4-11/h3-6H,7-10H2,1-2H3. The molecular formula is C13H18N2S3. The van der Waals surface area contributed by atoms with Gasteiger partial charge in [-0.1, -0.05) is 36.1 Å². The lowest BCUT2D eigenvalue weighted by molar-refractivity contribution is 0.229. The van der Waals surface area contributed by atoms with E-state index in [2.05, 4.69) is 47.4 Å². The number of rotatable bonds is 5. The molecule has 5 heteroatoms. The normalized spacial score (nSPS) is 15.7. The van der Waals surface area contributed by atoms with Crippen LogP contribution >= 0.6 is 35.7 Å². The van der Waals surface area contributed by atoms with Gasteiger partial charge in [-0.05, 0) is 31.0 Å². The first-order valence-corrected chi connectivity index (χ1v) is 8.54. The van der Waals surface area contributed by atoms with Crippen molar-refractivity contribution in [2.75, 3.05) is 32.3 Å². The van der Waals surface area contributed by atoms with Gasteiger partial charge in [-0.3, -0.25) is 4.90 Å². The van der Waals surface area contributed by atoms with Crippen molar-refractivity contribution in [3.63, 3.8) is 0 Å². The van der Waals surface area contributed by atoms with Gasteiger partial charge in [0.05, 0.1) is 6.67 Å². The Labute approximate surface area is 123 Å². The quantitative estimate of drug-likeness (QED) is 0.607. The summed E-state index contributed by atoms with van der Waals surface area (Å²) < 4.78 is 1.04. The predicted octanol–water partition coefficient (Wildman–Crippen LogP) is 3.13. The summed E-state index contributed by atoms with van der Waals surface area (Å²) in [4.78, 5) is 5.90. The molecule has 1 aliphatic heterocycles. The van der Waals surface area contributed by atoms with Crippen LogP contribution in [-0.4, -0.2) is 46.4 Å². The van der Waals surface area contributed by atoms with E-state index in [1.165, 1.54) is 10.5 Å². The summed E-state index contributed by atoms with van der Waals surface area (Å²) in [6, 6.07) is 8.78. The van der Waals surface area contributed by atoms with E-state index in [0.29, 0.717) is 0 Å². The zero-order valence-corrected chi connectivity index (χ0v) is 13.2. The zero-order chi connectivity index (χ0) is 13.0. The molecule has 0 N–H and O–H groups in total. The second kappa shape index (κ2) is 6.80. The van der Waals surface area contributed by atoms with E-state index in [9.17, 15) is 0 Å². The molecule has 2 rings (SSSR count). The number of nitrogens with zero attached hydrogens (tertiary/aromatic N) is 2. The van der Waals surface area contributed by atoms with Gasteiger partial charge in [0.2, 0.25) is 0 Å². The van der Waals surface area contributed by atoms with Crippen LogP contribution in [0.4, 0.5) is 0 Å². The minimum absolute atomic E-state index is 0.927. The highest BCUT2D eigenvalue weighted by Gasteiger charge is 2.18. The SMILES string of the molecule is CSc1ccc(CN(C)CN2CCSC2=S)cc1. The third-order valence-electron chi connectivity index (χ3n) is 2.87. The van der Waals surface area contributed by atoms with Crippen LogP contribution in [0.15, 0.2) is 29.2 Å². The molecule has 1 fully saturated rings. The molecule has 0 amide bonds. The van der Waals surface area contributed by atoms with Crippen molar-refractivity contribution in [2.45, 2.75) is 11.4 Å². The largest absolute Gasteiger partial charge is 0.344 e. The van der Waals surface area contributed by atoms with Gasteiger partial charge in [-0.2, -0.15) is 0 Å². The summed E-state index contributed by atoms with van der Waals surface area (Å²) in [6.07, 6.45) is 2.10. The average Bonchev–Trinajstić information content (AvgIpc) is 2.76. The van der Waals surface area contributed by atoms with Crippen LogP contribution in [0.3, 0.4) is 0 Å². The summed E-state index contributed by atoms with van der Waals surface area (Å²) in [5, 5.41) is 0. The Morgan fingerprint density at radius 2 is 2.11 bits per heavy atom. The number of thioether (sulfide) groups is 2. The fraction of sp³-hybridized carbons (Fsp3) is 0.462. The highest BCUT2D eigenvalue weighted by atomic mass is 32.2. The van der Waals surface area contributed by atoms with Crippen LogP contribution in [0.2, 0.25) is 0 Å². The van der Waals surface area contributed by atoms with E-state index in [1.54, 1.807) is 23.5 Å². The molecule has 1 saturated heterocycles. The topological polar surface area (TPSA) is 6.48 Å². The first-order valence-electron chi connectivity index (χ1n) is 5.92. The molecule has 0 unspecified atom stereocenters. The molecule has 0 aromatic heterocycles. The maximum absolute atomic E-state index is 5.32. The van der Waals surface area contributed by atoms with Crippen LogP contribution in [0.25, 0.3) is 0 Å². The molecular weight excluding hydrogens is 280 g/mol. The minimum Gasteiger partial charge on any atom is -0.344 e. The minimum atomic E-state index is 0.927. The summed E-state index contributed by atoms with van der Waals surface area (Å²) in [5.74, 6) is 1.13. The van der Waals surface area contributed by atoms with Crippen molar-refractivity contribution in [2.24, 2.45) is 0 Å². The van der Waals surface area contributed by atoms with Gasteiger partial charge in [0.25, 0.3) is 0 Å². The van der Waals surface area contributed by atoms with Crippen LogP contribution in [0.5, 0.6) is 0 Å². The van der Waals surface area contributed by atoms with E-state index in [-0.39, 0.29) is 0 Å². The van der Waals surface area contributed by atoms with Crippen LogP contribution < -0.4 is 0 Å². The van der Waals surface area contributed by atoms with E-state index < -0.39 is 0 Å². The molecule has 0 bridgehead atoms. The van der Waals surface area contributed by atoms with Crippen molar-refractivity contribution < 1.29 is 0 Å². The first kappa shape index (κ1) is 14.2. The van der Waals surface area contributed by atoms with Crippen molar-refractivity contribution in [3.05, 3.63) is 29.8 Å². The molecule has 98 valence electrons. The Balaban J connectivity index is 1.86. The van der Waals surface area contributed by atoms with Crippen molar-refractivity contribution in [1.82, 2.24) is 9.80 Å². The van der Waals surface area contributed by atoms with Crippen LogP contribution in [0, 0.1) is 0 Å². The predicted molar refractivity (Wildman–Crippen MR) is 86.3 cm³/mol. The first-order chi connectivity index (χ1) is 8.69. The molecule has 1 aromatic rings. The van der Waals surface area contributed by atoms with Gasteiger partial charge < -0.3 is 4.90 Å². The lowest BCUT2D eigenvalue weighted by atomic mass is 10.2. The molecule has 2 nitrogen and oxygen atoms in total. The zero-order valence-electron chi connectivity index (χ0n) is 10.8. The van der Waals surface area contributed by atoms with Crippen molar-refractivity contribution in [3.8, 4) is 0 Å². The Kier molecular flexibility index (Phi) is 5.36. The summed E-state index contributed by atoms with van der Waals surface area (Å²) in [7, 11) is 2.15. The summed E-state index contributed by atoms with van der Waals surface area (Å²) >= 11 is 8.88. The Morgan fingerprint density at radius 1 is 1.39 bits per heavy atom. The Morgan fingerprint density at radius 3 is 2.67 bits per heavy atom. The maximum atomic E-state index is 5.32. The smallest absolute Gasteiger partial charge is 0.137 e. The average molecular weight is 299 g/mol. The summed E-state index contributed by atoms with van der Waals surface area (Å²) in [6.45, 7) is 2.98. The van der Waals surface area contributed by atoms with Crippen molar-refractivity contribution >= 4 is 40.1 Å². The third-order valence-corrected chi connectivity index (χ3v) is 5.12. The lowest BCUT2D eigenvalue weighted by Crippen LogP contribution is -2.35. The molecule has 18 heavy (non-hydrogen) atoms. The second-order valence-corrected chi connectivity index (χ2v) is 6.99. The fourth-order valence-corrected chi connectivity index (χ4v) is 3.56. The molecule has 0 saturated carbocycles. The van der Waals surface area contributed by atoms with Gasteiger partial charge in [0.15, 0.2) is 0 Å². The van der Waals surface area contributed by atoms with Gasteiger partial charge in [0, 0.05) is 23.7 Å². The highest BCUT2D eigenvalue weighted by Crippen LogP contribution is 2.19. The molecule has 0 atom stereocenters. The Bertz CT molecular complexity index is 405. The second-order valence-electron chi connectivity index (χ2n) is 4.38. The van der Waals surface area contributed by atoms with Crippen LogP contribution in [-0.2, 0) is 6.54 Å². The van der Waals surface area contributed by atoms with E-state index >= 15 is 0 Å². The van der Waals surface area contributed by atoms with Gasteiger partial charge in [-0.15, -0.1) is 11.8 Å². The monoisotopic (exact) mass is 298 g/mol. The number of benzene rings is 1. The van der Waals surface area contributed by atoms with Gasteiger partial charge in [0.1, 0.15) is 4.32 Å². The fourth-order valence-electron chi connectivity index (χ4n) is 1.94. The lowest BCUT2D eigenvalue weighted by Gasteiger charge is -2.24. The molecule has 1 heterocycles. The third kappa shape index (κ3) is 3.88. The number of hydrogen-bond acceptors (Lipinski definition) is 4. The summed E-state index contributed by atoms with van der Waals surface area (Å²) in [5.41, 5.74) is 1.35. The van der Waals surface area contributed by atoms with Gasteiger partial charge in [-0.25, -0.2) is 0 Å². The Hall–Kier alpha value is -0.230. The number of thiocarbonyl (C=S) groups is 1. The van der Waals surface area contributed by atoms with Crippen LogP contribution in [0.1, 0.15) is 5.56 Å². The highest BCUT2D eigenvalue weighted by molar-refractivity contribution is 8.23. The molecule has 0 spiro atoms. The van der Waals surface area contributed by atoms with E-state index in [1.807, 2.05) is 0 Å². The molecule has 1 aromatic carbocycles.